The van der Waals surface area contributed by atoms with Crippen molar-refractivity contribution in [1.82, 2.24) is 0 Å². The largest absolute Gasteiger partial charge is 0.454 e. The zero-order chi connectivity index (χ0) is 13.0. The zero-order valence-corrected chi connectivity index (χ0v) is 9.51. The Balaban J connectivity index is 2.09. The van der Waals surface area contributed by atoms with Gasteiger partial charge >= 0.3 is 6.18 Å². The van der Waals surface area contributed by atoms with Crippen molar-refractivity contribution in [3.63, 3.8) is 0 Å². The normalized spacial score (nSPS) is 20.0. The van der Waals surface area contributed by atoms with Crippen molar-refractivity contribution in [2.75, 3.05) is 6.79 Å². The van der Waals surface area contributed by atoms with Crippen LogP contribution >= 0.6 is 0 Å². The molecule has 1 aliphatic heterocycles. The van der Waals surface area contributed by atoms with E-state index < -0.39 is 17.3 Å². The number of fused-ring (bicyclic) bond motifs is 1. The maximum atomic E-state index is 13.0. The third-order valence-corrected chi connectivity index (χ3v) is 3.37. The molecule has 6 heteroatoms. The topological polar surface area (TPSA) is 44.5 Å². The molecule has 1 aliphatic carbocycles. The van der Waals surface area contributed by atoms with E-state index in [1.807, 2.05) is 0 Å². The van der Waals surface area contributed by atoms with Gasteiger partial charge in [0.05, 0.1) is 5.56 Å². The highest BCUT2D eigenvalue weighted by atomic mass is 19.4. The zero-order valence-electron chi connectivity index (χ0n) is 9.51. The molecule has 2 aliphatic rings. The molecule has 0 aromatic heterocycles. The van der Waals surface area contributed by atoms with Gasteiger partial charge in [0, 0.05) is 11.1 Å². The van der Waals surface area contributed by atoms with Crippen LogP contribution in [0.3, 0.4) is 0 Å². The van der Waals surface area contributed by atoms with Gasteiger partial charge in [0.15, 0.2) is 11.5 Å². The molecule has 1 saturated carbocycles. The number of alkyl halides is 3. The average molecular weight is 259 g/mol. The summed E-state index contributed by atoms with van der Waals surface area (Å²) in [4.78, 5) is 0. The number of hydrogen-bond donors (Lipinski definition) is 1. The Hall–Kier alpha value is -1.43. The number of hydrogen-bond acceptors (Lipinski definition) is 3. The summed E-state index contributed by atoms with van der Waals surface area (Å²) in [5.74, 6) is 0.559. The molecule has 0 amide bonds. The molecule has 1 fully saturated rings. The standard InChI is InChI=1S/C12H12F3NO2/c13-12(14,15)8-1-2-9-10(18-6-17-9)7(8)5-11(16)3-4-11/h1-2H,3-6,16H2. The van der Waals surface area contributed by atoms with Crippen LogP contribution < -0.4 is 15.2 Å². The molecule has 0 radical (unpaired) electrons. The quantitative estimate of drug-likeness (QED) is 0.887. The Kier molecular flexibility index (Phi) is 2.29. The summed E-state index contributed by atoms with van der Waals surface area (Å²) < 4.78 is 49.2. The van der Waals surface area contributed by atoms with Crippen molar-refractivity contribution >= 4 is 0 Å². The van der Waals surface area contributed by atoms with Gasteiger partial charge in [0.1, 0.15) is 0 Å². The van der Waals surface area contributed by atoms with E-state index in [0.717, 1.165) is 18.9 Å². The molecule has 0 bridgehead atoms. The molecule has 2 N–H and O–H groups in total. The van der Waals surface area contributed by atoms with Crippen LogP contribution in [0.4, 0.5) is 13.2 Å². The van der Waals surface area contributed by atoms with Gasteiger partial charge in [0.2, 0.25) is 6.79 Å². The van der Waals surface area contributed by atoms with E-state index in [1.54, 1.807) is 0 Å². The number of ether oxygens (including phenoxy) is 2. The molecule has 0 spiro atoms. The predicted octanol–water partition coefficient (Wildman–Crippen LogP) is 2.47. The summed E-state index contributed by atoms with van der Waals surface area (Å²) >= 11 is 0. The van der Waals surface area contributed by atoms with E-state index >= 15 is 0 Å². The fourth-order valence-corrected chi connectivity index (χ4v) is 2.16. The number of rotatable bonds is 2. The van der Waals surface area contributed by atoms with Gasteiger partial charge in [0.25, 0.3) is 0 Å². The highest BCUT2D eigenvalue weighted by Crippen LogP contribution is 2.47. The molecule has 98 valence electrons. The first kappa shape index (κ1) is 11.6. The maximum absolute atomic E-state index is 13.0. The summed E-state index contributed by atoms with van der Waals surface area (Å²) in [5, 5.41) is 0. The van der Waals surface area contributed by atoms with Crippen molar-refractivity contribution in [1.29, 1.82) is 0 Å². The molecule has 0 unspecified atom stereocenters. The highest BCUT2D eigenvalue weighted by molar-refractivity contribution is 5.54. The Labute approximate surface area is 102 Å². The minimum Gasteiger partial charge on any atom is -0.454 e. The van der Waals surface area contributed by atoms with E-state index in [2.05, 4.69) is 0 Å². The lowest BCUT2D eigenvalue weighted by Crippen LogP contribution is -2.26. The lowest BCUT2D eigenvalue weighted by atomic mass is 9.97. The molecule has 1 aromatic carbocycles. The molecule has 3 nitrogen and oxygen atoms in total. The Morgan fingerprint density at radius 3 is 2.56 bits per heavy atom. The minimum absolute atomic E-state index is 0.0405. The Bertz CT molecular complexity index is 495. The van der Waals surface area contributed by atoms with Gasteiger partial charge in [-0.05, 0) is 31.4 Å². The Morgan fingerprint density at radius 2 is 1.94 bits per heavy atom. The predicted molar refractivity (Wildman–Crippen MR) is 57.4 cm³/mol. The van der Waals surface area contributed by atoms with Crippen LogP contribution in [0.5, 0.6) is 11.5 Å². The number of nitrogens with two attached hydrogens (primary N) is 1. The van der Waals surface area contributed by atoms with Crippen molar-refractivity contribution < 1.29 is 22.6 Å². The lowest BCUT2D eigenvalue weighted by Gasteiger charge is -2.17. The van der Waals surface area contributed by atoms with Crippen LogP contribution in [-0.4, -0.2) is 12.3 Å². The van der Waals surface area contributed by atoms with Gasteiger partial charge in [-0.1, -0.05) is 0 Å². The minimum atomic E-state index is -4.40. The molecular weight excluding hydrogens is 247 g/mol. The van der Waals surface area contributed by atoms with Gasteiger partial charge < -0.3 is 15.2 Å². The van der Waals surface area contributed by atoms with Gasteiger partial charge in [-0.2, -0.15) is 13.2 Å². The average Bonchev–Trinajstić information content (AvgIpc) is 2.81. The van der Waals surface area contributed by atoms with E-state index in [9.17, 15) is 13.2 Å². The first-order valence-electron chi connectivity index (χ1n) is 5.67. The van der Waals surface area contributed by atoms with Crippen LogP contribution in [0.25, 0.3) is 0 Å². The molecular formula is C12H12F3NO2. The van der Waals surface area contributed by atoms with Crippen LogP contribution in [0.15, 0.2) is 12.1 Å². The number of halogens is 3. The molecule has 1 heterocycles. The summed E-state index contributed by atoms with van der Waals surface area (Å²) in [6, 6.07) is 2.33. The van der Waals surface area contributed by atoms with E-state index in [1.165, 1.54) is 6.07 Å². The summed E-state index contributed by atoms with van der Waals surface area (Å²) in [5.41, 5.74) is 4.85. The third-order valence-electron chi connectivity index (χ3n) is 3.37. The summed E-state index contributed by atoms with van der Waals surface area (Å²) in [6.07, 6.45) is -2.74. The fourth-order valence-electron chi connectivity index (χ4n) is 2.16. The van der Waals surface area contributed by atoms with Crippen LogP contribution in [0, 0.1) is 0 Å². The van der Waals surface area contributed by atoms with Crippen molar-refractivity contribution in [3.05, 3.63) is 23.3 Å². The number of benzene rings is 1. The molecule has 3 rings (SSSR count). The molecule has 0 atom stereocenters. The van der Waals surface area contributed by atoms with Crippen LogP contribution in [-0.2, 0) is 12.6 Å². The fraction of sp³-hybridized carbons (Fsp3) is 0.500. The summed E-state index contributed by atoms with van der Waals surface area (Å²) in [6.45, 7) is -0.0405. The first-order valence-corrected chi connectivity index (χ1v) is 5.67. The highest BCUT2D eigenvalue weighted by Gasteiger charge is 2.44. The van der Waals surface area contributed by atoms with Crippen molar-refractivity contribution in [2.45, 2.75) is 31.0 Å². The van der Waals surface area contributed by atoms with Crippen molar-refractivity contribution in [3.8, 4) is 11.5 Å². The van der Waals surface area contributed by atoms with Gasteiger partial charge in [-0.25, -0.2) is 0 Å². The smallest absolute Gasteiger partial charge is 0.416 e. The molecule has 0 saturated heterocycles. The van der Waals surface area contributed by atoms with Gasteiger partial charge in [-0.15, -0.1) is 0 Å². The monoisotopic (exact) mass is 259 g/mol. The Morgan fingerprint density at radius 1 is 1.22 bits per heavy atom. The second-order valence-electron chi connectivity index (χ2n) is 4.86. The SMILES string of the molecule is NC1(Cc2c(C(F)(F)F)ccc3c2OCO3)CC1. The van der Waals surface area contributed by atoms with Crippen molar-refractivity contribution in [2.24, 2.45) is 5.73 Å². The van der Waals surface area contributed by atoms with E-state index in [4.69, 9.17) is 15.2 Å². The summed E-state index contributed by atoms with van der Waals surface area (Å²) in [7, 11) is 0. The third kappa shape index (κ3) is 1.90. The maximum Gasteiger partial charge on any atom is 0.416 e. The second kappa shape index (κ2) is 3.54. The van der Waals surface area contributed by atoms with Crippen LogP contribution in [0.1, 0.15) is 24.0 Å². The van der Waals surface area contributed by atoms with E-state index in [-0.39, 0.29) is 24.5 Å². The molecule has 18 heavy (non-hydrogen) atoms. The van der Waals surface area contributed by atoms with Crippen LogP contribution in [0.2, 0.25) is 0 Å². The lowest BCUT2D eigenvalue weighted by molar-refractivity contribution is -0.138. The van der Waals surface area contributed by atoms with Gasteiger partial charge in [-0.3, -0.25) is 0 Å². The first-order chi connectivity index (χ1) is 8.39. The van der Waals surface area contributed by atoms with E-state index in [0.29, 0.717) is 5.75 Å². The molecule has 1 aromatic rings. The second-order valence-corrected chi connectivity index (χ2v) is 4.86.